The minimum absolute atomic E-state index is 0. The molecule has 1 unspecified atom stereocenters. The maximum atomic E-state index is 13.7. The van der Waals surface area contributed by atoms with E-state index in [0.29, 0.717) is 0 Å². The number of esters is 1. The molecule has 6 heteroatoms. The van der Waals surface area contributed by atoms with Crippen molar-refractivity contribution in [2.24, 2.45) is 5.73 Å². The van der Waals surface area contributed by atoms with E-state index in [9.17, 15) is 14.3 Å². The van der Waals surface area contributed by atoms with Crippen LogP contribution in [0.3, 0.4) is 0 Å². The minimum Gasteiger partial charge on any atom is -0.508 e. The molecule has 1 aromatic rings. The van der Waals surface area contributed by atoms with Crippen molar-refractivity contribution in [3.8, 4) is 5.75 Å². The van der Waals surface area contributed by atoms with E-state index < -0.39 is 18.2 Å². The van der Waals surface area contributed by atoms with Gasteiger partial charge in [-0.15, -0.1) is 12.4 Å². The normalized spacial score (nSPS) is 13.3. The quantitative estimate of drug-likeness (QED) is 0.826. The van der Waals surface area contributed by atoms with Gasteiger partial charge in [-0.1, -0.05) is 17.7 Å². The molecule has 0 aliphatic heterocycles. The van der Waals surface area contributed by atoms with Crippen LogP contribution in [0.4, 0.5) is 4.39 Å². The number of halogens is 2. The molecule has 18 heavy (non-hydrogen) atoms. The van der Waals surface area contributed by atoms with Gasteiger partial charge in [-0.05, 0) is 19.9 Å². The van der Waals surface area contributed by atoms with Gasteiger partial charge in [-0.3, -0.25) is 0 Å². The first-order valence-corrected chi connectivity index (χ1v) is 5.33. The standard InChI is InChI=1S/C12H16FNO3.ClH/c1-3-17-12(16)10(13)11(14)8-6-7(2)4-5-9(8)15;/h4-6,10-11,15H,3,14H2,1-2H3;1H/t10?,11-;/m0./s1. The van der Waals surface area contributed by atoms with Crippen molar-refractivity contribution >= 4 is 18.4 Å². The molecule has 0 saturated carbocycles. The summed E-state index contributed by atoms with van der Waals surface area (Å²) in [4.78, 5) is 11.2. The van der Waals surface area contributed by atoms with Crippen LogP contribution in [0.2, 0.25) is 0 Å². The van der Waals surface area contributed by atoms with Crippen molar-refractivity contribution in [2.75, 3.05) is 6.61 Å². The van der Waals surface area contributed by atoms with E-state index in [4.69, 9.17) is 5.73 Å². The number of ether oxygens (including phenoxy) is 1. The lowest BCUT2D eigenvalue weighted by Gasteiger charge is -2.17. The van der Waals surface area contributed by atoms with Crippen molar-refractivity contribution in [1.29, 1.82) is 0 Å². The summed E-state index contributed by atoms with van der Waals surface area (Å²) in [6.45, 7) is 3.46. The van der Waals surface area contributed by atoms with Crippen LogP contribution in [-0.2, 0) is 9.53 Å². The highest BCUT2D eigenvalue weighted by Crippen LogP contribution is 2.27. The molecule has 4 nitrogen and oxygen atoms in total. The summed E-state index contributed by atoms with van der Waals surface area (Å²) in [5.41, 5.74) is 6.63. The molecule has 0 aliphatic carbocycles. The van der Waals surface area contributed by atoms with Gasteiger partial charge in [-0.25, -0.2) is 9.18 Å². The van der Waals surface area contributed by atoms with Crippen molar-refractivity contribution < 1.29 is 19.0 Å². The molecule has 0 fully saturated rings. The predicted molar refractivity (Wildman–Crippen MR) is 68.5 cm³/mol. The fourth-order valence-corrected chi connectivity index (χ4v) is 1.47. The first kappa shape index (κ1) is 16.7. The SMILES string of the molecule is CCOC(=O)C(F)[C@@H](N)c1cc(C)ccc1O.Cl. The second-order valence-electron chi connectivity index (χ2n) is 3.74. The van der Waals surface area contributed by atoms with Gasteiger partial charge in [0.25, 0.3) is 0 Å². The van der Waals surface area contributed by atoms with Gasteiger partial charge in [0.1, 0.15) is 5.75 Å². The largest absolute Gasteiger partial charge is 0.508 e. The summed E-state index contributed by atoms with van der Waals surface area (Å²) in [5, 5.41) is 9.57. The van der Waals surface area contributed by atoms with E-state index >= 15 is 0 Å². The van der Waals surface area contributed by atoms with E-state index in [1.807, 2.05) is 0 Å². The van der Waals surface area contributed by atoms with E-state index in [2.05, 4.69) is 4.74 Å². The third-order valence-corrected chi connectivity index (χ3v) is 2.37. The smallest absolute Gasteiger partial charge is 0.342 e. The molecule has 1 rings (SSSR count). The number of rotatable bonds is 4. The monoisotopic (exact) mass is 277 g/mol. The molecule has 0 aromatic heterocycles. The number of phenolic OH excluding ortho intramolecular Hbond substituents is 1. The van der Waals surface area contributed by atoms with Gasteiger partial charge in [0.15, 0.2) is 0 Å². The Morgan fingerprint density at radius 3 is 2.72 bits per heavy atom. The molecule has 0 radical (unpaired) electrons. The molecule has 1 aromatic carbocycles. The third-order valence-electron chi connectivity index (χ3n) is 2.37. The lowest BCUT2D eigenvalue weighted by atomic mass is 10.00. The molecule has 0 heterocycles. The van der Waals surface area contributed by atoms with Crippen molar-refractivity contribution in [2.45, 2.75) is 26.1 Å². The topological polar surface area (TPSA) is 72.5 Å². The van der Waals surface area contributed by atoms with Crippen LogP contribution in [0, 0.1) is 6.92 Å². The minimum atomic E-state index is -1.98. The number of hydrogen-bond donors (Lipinski definition) is 2. The highest BCUT2D eigenvalue weighted by atomic mass is 35.5. The lowest BCUT2D eigenvalue weighted by molar-refractivity contribution is -0.149. The number of hydrogen-bond acceptors (Lipinski definition) is 4. The average molecular weight is 278 g/mol. The van der Waals surface area contributed by atoms with Crippen molar-refractivity contribution in [1.82, 2.24) is 0 Å². The zero-order valence-corrected chi connectivity index (χ0v) is 11.0. The Labute approximate surface area is 111 Å². The zero-order valence-electron chi connectivity index (χ0n) is 10.2. The van der Waals surface area contributed by atoms with Crippen LogP contribution < -0.4 is 5.73 Å². The Hall–Kier alpha value is -1.33. The number of nitrogens with two attached hydrogens (primary N) is 1. The van der Waals surface area contributed by atoms with Crippen LogP contribution >= 0.6 is 12.4 Å². The summed E-state index contributed by atoms with van der Waals surface area (Å²) in [7, 11) is 0. The molecule has 0 aliphatic rings. The van der Waals surface area contributed by atoms with Crippen LogP contribution in [0.1, 0.15) is 24.1 Å². The van der Waals surface area contributed by atoms with Gasteiger partial charge in [0.2, 0.25) is 6.17 Å². The molecule has 0 spiro atoms. The van der Waals surface area contributed by atoms with Crippen LogP contribution in [0.25, 0.3) is 0 Å². The summed E-state index contributed by atoms with van der Waals surface area (Å²) < 4.78 is 18.2. The van der Waals surface area contributed by atoms with Gasteiger partial charge in [0.05, 0.1) is 12.6 Å². The molecular formula is C12H17ClFNO3. The zero-order chi connectivity index (χ0) is 13.0. The number of phenols is 1. The van der Waals surface area contributed by atoms with Crippen molar-refractivity contribution in [3.63, 3.8) is 0 Å². The highest BCUT2D eigenvalue weighted by Gasteiger charge is 2.29. The van der Waals surface area contributed by atoms with Gasteiger partial charge in [-0.2, -0.15) is 0 Å². The summed E-state index contributed by atoms with van der Waals surface area (Å²) in [6.07, 6.45) is -1.98. The fraction of sp³-hybridized carbons (Fsp3) is 0.417. The Balaban J connectivity index is 0.00000289. The Kier molecular flexibility index (Phi) is 6.65. The van der Waals surface area contributed by atoms with Crippen LogP contribution in [0.5, 0.6) is 5.75 Å². The maximum absolute atomic E-state index is 13.7. The molecule has 0 amide bonds. The Bertz CT molecular complexity index is 414. The summed E-state index contributed by atoms with van der Waals surface area (Å²) in [5.74, 6) is -1.14. The van der Waals surface area contributed by atoms with Crippen LogP contribution in [0.15, 0.2) is 18.2 Å². The number of aromatic hydroxyl groups is 1. The molecule has 2 atom stereocenters. The molecule has 0 saturated heterocycles. The number of carbonyl (C=O) groups excluding carboxylic acids is 1. The first-order chi connectivity index (χ1) is 7.97. The second kappa shape index (κ2) is 7.18. The Morgan fingerprint density at radius 2 is 2.17 bits per heavy atom. The molecule has 102 valence electrons. The average Bonchev–Trinajstić information content (AvgIpc) is 2.30. The summed E-state index contributed by atoms with van der Waals surface area (Å²) >= 11 is 0. The number of alkyl halides is 1. The van der Waals surface area contributed by atoms with E-state index in [0.717, 1.165) is 5.56 Å². The second-order valence-corrected chi connectivity index (χ2v) is 3.74. The van der Waals surface area contributed by atoms with Gasteiger partial charge < -0.3 is 15.6 Å². The first-order valence-electron chi connectivity index (χ1n) is 5.33. The van der Waals surface area contributed by atoms with Gasteiger partial charge >= 0.3 is 5.97 Å². The number of aryl methyl sites for hydroxylation is 1. The maximum Gasteiger partial charge on any atom is 0.342 e. The molecule has 0 bridgehead atoms. The number of carbonyl (C=O) groups is 1. The van der Waals surface area contributed by atoms with Crippen molar-refractivity contribution in [3.05, 3.63) is 29.3 Å². The molecule has 3 N–H and O–H groups in total. The summed E-state index contributed by atoms with van der Waals surface area (Å²) in [6, 6.07) is 3.41. The fourth-order valence-electron chi connectivity index (χ4n) is 1.47. The number of benzene rings is 1. The highest BCUT2D eigenvalue weighted by molar-refractivity contribution is 5.85. The predicted octanol–water partition coefficient (Wildman–Crippen LogP) is 2.02. The Morgan fingerprint density at radius 1 is 1.56 bits per heavy atom. The third kappa shape index (κ3) is 3.85. The van der Waals surface area contributed by atoms with E-state index in [-0.39, 0.29) is 30.3 Å². The van der Waals surface area contributed by atoms with E-state index in [1.165, 1.54) is 6.07 Å². The lowest BCUT2D eigenvalue weighted by Crippen LogP contribution is -2.31. The van der Waals surface area contributed by atoms with Gasteiger partial charge in [0, 0.05) is 5.56 Å². The van der Waals surface area contributed by atoms with Crippen LogP contribution in [-0.4, -0.2) is 23.9 Å². The van der Waals surface area contributed by atoms with E-state index in [1.54, 1.807) is 26.0 Å². The molecular weight excluding hydrogens is 261 g/mol.